The Balaban J connectivity index is 1.66. The Morgan fingerprint density at radius 1 is 1.00 bits per heavy atom. The predicted octanol–water partition coefficient (Wildman–Crippen LogP) is 4.58. The van der Waals surface area contributed by atoms with Crippen molar-refractivity contribution in [2.24, 2.45) is 0 Å². The van der Waals surface area contributed by atoms with E-state index in [1.54, 1.807) is 11.3 Å². The third-order valence-electron chi connectivity index (χ3n) is 3.60. The summed E-state index contributed by atoms with van der Waals surface area (Å²) in [6, 6.07) is 19.6. The molecule has 0 radical (unpaired) electrons. The van der Waals surface area contributed by atoms with Gasteiger partial charge in [-0.25, -0.2) is 4.98 Å². The van der Waals surface area contributed by atoms with Crippen LogP contribution >= 0.6 is 11.3 Å². The molecular formula is C18H20N2S. The van der Waals surface area contributed by atoms with E-state index in [-0.39, 0.29) is 6.04 Å². The lowest BCUT2D eigenvalue weighted by molar-refractivity contribution is 0.476. The largest absolute Gasteiger partial charge is 0.305 e. The number of hydrogen-bond acceptors (Lipinski definition) is 3. The molecule has 0 aliphatic rings. The summed E-state index contributed by atoms with van der Waals surface area (Å²) >= 11 is 1.78. The average Bonchev–Trinajstić information content (AvgIpc) is 2.92. The quantitative estimate of drug-likeness (QED) is 0.745. The summed E-state index contributed by atoms with van der Waals surface area (Å²) in [4.78, 5) is 4.73. The van der Waals surface area contributed by atoms with Gasteiger partial charge in [-0.3, -0.25) is 0 Å². The van der Waals surface area contributed by atoms with E-state index >= 15 is 0 Å². The molecule has 1 aromatic heterocycles. The van der Waals surface area contributed by atoms with E-state index < -0.39 is 0 Å². The van der Waals surface area contributed by atoms with E-state index in [0.717, 1.165) is 16.9 Å². The van der Waals surface area contributed by atoms with E-state index in [1.807, 2.05) is 6.07 Å². The van der Waals surface area contributed by atoms with Gasteiger partial charge in [0.2, 0.25) is 0 Å². The zero-order valence-electron chi connectivity index (χ0n) is 12.4. The van der Waals surface area contributed by atoms with Crippen LogP contribution in [-0.4, -0.2) is 11.0 Å². The van der Waals surface area contributed by atoms with Crippen LogP contribution in [0.3, 0.4) is 0 Å². The summed E-state index contributed by atoms with van der Waals surface area (Å²) in [5.41, 5.74) is 2.47. The molecule has 21 heavy (non-hydrogen) atoms. The van der Waals surface area contributed by atoms with Crippen molar-refractivity contribution in [3.63, 3.8) is 0 Å². The molecular weight excluding hydrogens is 276 g/mol. The van der Waals surface area contributed by atoms with Crippen molar-refractivity contribution in [2.75, 3.05) is 0 Å². The number of nitrogens with one attached hydrogen (secondary N) is 1. The molecule has 2 nitrogen and oxygen atoms in total. The van der Waals surface area contributed by atoms with Gasteiger partial charge in [-0.2, -0.15) is 0 Å². The SMILES string of the molecule is CC(Cc1ccccc1)NC(C)c1nc2ccccc2s1. The number of nitrogens with zero attached hydrogens (tertiary/aromatic N) is 1. The van der Waals surface area contributed by atoms with Crippen molar-refractivity contribution >= 4 is 21.6 Å². The number of rotatable bonds is 5. The minimum Gasteiger partial charge on any atom is -0.305 e. The maximum atomic E-state index is 4.73. The van der Waals surface area contributed by atoms with Crippen molar-refractivity contribution < 1.29 is 0 Å². The van der Waals surface area contributed by atoms with E-state index in [9.17, 15) is 0 Å². The first-order valence-corrected chi connectivity index (χ1v) is 8.19. The number of aromatic nitrogens is 1. The average molecular weight is 296 g/mol. The number of para-hydroxylation sites is 1. The van der Waals surface area contributed by atoms with Gasteiger partial charge in [0.1, 0.15) is 5.01 Å². The standard InChI is InChI=1S/C18H20N2S/c1-13(12-15-8-4-3-5-9-15)19-14(2)18-20-16-10-6-7-11-17(16)21-18/h3-11,13-14,19H,12H2,1-2H3. The fraction of sp³-hybridized carbons (Fsp3) is 0.278. The molecule has 0 saturated carbocycles. The number of fused-ring (bicyclic) bond motifs is 1. The first-order chi connectivity index (χ1) is 10.2. The summed E-state index contributed by atoms with van der Waals surface area (Å²) in [5.74, 6) is 0. The normalized spacial score (nSPS) is 14.2. The van der Waals surface area contributed by atoms with Gasteiger partial charge in [0.05, 0.1) is 16.3 Å². The molecule has 3 aromatic rings. The van der Waals surface area contributed by atoms with Gasteiger partial charge in [0.25, 0.3) is 0 Å². The highest BCUT2D eigenvalue weighted by molar-refractivity contribution is 7.18. The smallest absolute Gasteiger partial charge is 0.111 e. The molecule has 0 bridgehead atoms. The van der Waals surface area contributed by atoms with E-state index in [2.05, 4.69) is 67.7 Å². The molecule has 0 aliphatic heterocycles. The molecule has 0 spiro atoms. The van der Waals surface area contributed by atoms with Gasteiger partial charge >= 0.3 is 0 Å². The Morgan fingerprint density at radius 3 is 2.48 bits per heavy atom. The van der Waals surface area contributed by atoms with E-state index in [0.29, 0.717) is 6.04 Å². The van der Waals surface area contributed by atoms with Gasteiger partial charge in [-0.1, -0.05) is 42.5 Å². The monoisotopic (exact) mass is 296 g/mol. The molecule has 3 heteroatoms. The van der Waals surface area contributed by atoms with Crippen LogP contribution in [0.4, 0.5) is 0 Å². The van der Waals surface area contributed by atoms with Crippen molar-refractivity contribution in [3.05, 3.63) is 65.2 Å². The molecule has 0 fully saturated rings. The highest BCUT2D eigenvalue weighted by Gasteiger charge is 2.14. The Morgan fingerprint density at radius 2 is 1.71 bits per heavy atom. The molecule has 0 amide bonds. The summed E-state index contributed by atoms with van der Waals surface area (Å²) in [6.07, 6.45) is 1.04. The lowest BCUT2D eigenvalue weighted by Crippen LogP contribution is -2.30. The van der Waals surface area contributed by atoms with Crippen LogP contribution < -0.4 is 5.32 Å². The second-order valence-electron chi connectivity index (χ2n) is 5.50. The van der Waals surface area contributed by atoms with Gasteiger partial charge < -0.3 is 5.32 Å². The van der Waals surface area contributed by atoms with Crippen molar-refractivity contribution in [2.45, 2.75) is 32.4 Å². The Kier molecular flexibility index (Phi) is 4.32. The lowest BCUT2D eigenvalue weighted by atomic mass is 10.1. The van der Waals surface area contributed by atoms with Crippen LogP contribution in [0.1, 0.15) is 30.5 Å². The van der Waals surface area contributed by atoms with Crippen LogP contribution in [0.2, 0.25) is 0 Å². The Labute approximate surface area is 129 Å². The van der Waals surface area contributed by atoms with Crippen LogP contribution in [0.5, 0.6) is 0 Å². The number of hydrogen-bond donors (Lipinski definition) is 1. The Bertz CT molecular complexity index is 672. The van der Waals surface area contributed by atoms with Crippen molar-refractivity contribution in [1.29, 1.82) is 0 Å². The lowest BCUT2D eigenvalue weighted by Gasteiger charge is -2.18. The second-order valence-corrected chi connectivity index (χ2v) is 6.56. The van der Waals surface area contributed by atoms with Gasteiger partial charge in [-0.15, -0.1) is 11.3 Å². The molecule has 2 atom stereocenters. The minimum absolute atomic E-state index is 0.279. The van der Waals surface area contributed by atoms with Crippen molar-refractivity contribution in [3.8, 4) is 0 Å². The molecule has 0 aliphatic carbocycles. The molecule has 108 valence electrons. The molecule has 3 rings (SSSR count). The molecule has 1 N–H and O–H groups in total. The molecule has 2 aromatic carbocycles. The van der Waals surface area contributed by atoms with Crippen LogP contribution in [-0.2, 0) is 6.42 Å². The summed E-state index contributed by atoms with van der Waals surface area (Å²) in [7, 11) is 0. The van der Waals surface area contributed by atoms with Gasteiger partial charge in [-0.05, 0) is 38.0 Å². The topological polar surface area (TPSA) is 24.9 Å². The number of thiazole rings is 1. The maximum absolute atomic E-state index is 4.73. The Hall–Kier alpha value is -1.71. The first-order valence-electron chi connectivity index (χ1n) is 7.38. The third-order valence-corrected chi connectivity index (χ3v) is 4.82. The summed E-state index contributed by atoms with van der Waals surface area (Å²) < 4.78 is 1.26. The zero-order valence-corrected chi connectivity index (χ0v) is 13.2. The summed E-state index contributed by atoms with van der Waals surface area (Å²) in [6.45, 7) is 4.43. The molecule has 1 heterocycles. The molecule has 2 unspecified atom stereocenters. The fourth-order valence-corrected chi connectivity index (χ4v) is 3.58. The van der Waals surface area contributed by atoms with Gasteiger partial charge in [0, 0.05) is 6.04 Å². The van der Waals surface area contributed by atoms with Crippen LogP contribution in [0.15, 0.2) is 54.6 Å². The second kappa shape index (κ2) is 6.37. The van der Waals surface area contributed by atoms with Crippen LogP contribution in [0, 0.1) is 0 Å². The molecule has 0 saturated heterocycles. The van der Waals surface area contributed by atoms with Crippen molar-refractivity contribution in [1.82, 2.24) is 10.3 Å². The first kappa shape index (κ1) is 14.2. The van der Waals surface area contributed by atoms with Gasteiger partial charge in [0.15, 0.2) is 0 Å². The minimum atomic E-state index is 0.279. The zero-order chi connectivity index (χ0) is 14.7. The fourth-order valence-electron chi connectivity index (χ4n) is 2.60. The van der Waals surface area contributed by atoms with E-state index in [1.165, 1.54) is 10.3 Å². The number of benzene rings is 2. The predicted molar refractivity (Wildman–Crippen MR) is 90.8 cm³/mol. The maximum Gasteiger partial charge on any atom is 0.111 e. The van der Waals surface area contributed by atoms with Crippen LogP contribution in [0.25, 0.3) is 10.2 Å². The summed E-state index contributed by atoms with van der Waals surface area (Å²) in [5, 5.41) is 4.82. The highest BCUT2D eigenvalue weighted by Crippen LogP contribution is 2.26. The highest BCUT2D eigenvalue weighted by atomic mass is 32.1. The van der Waals surface area contributed by atoms with E-state index in [4.69, 9.17) is 4.98 Å². The third kappa shape index (κ3) is 3.49.